The van der Waals surface area contributed by atoms with Crippen LogP contribution in [0.1, 0.15) is 22.8 Å². The lowest BCUT2D eigenvalue weighted by molar-refractivity contribution is -0.116. The average Bonchev–Trinajstić information content (AvgIpc) is 2.80. The number of hydrogen-bond donors (Lipinski definition) is 3. The van der Waals surface area contributed by atoms with Crippen molar-refractivity contribution in [3.8, 4) is 5.75 Å². The van der Waals surface area contributed by atoms with Gasteiger partial charge in [-0.2, -0.15) is 0 Å². The zero-order valence-corrected chi connectivity index (χ0v) is 11.1. The van der Waals surface area contributed by atoms with E-state index in [0.717, 1.165) is 15.6 Å². The molecule has 1 aliphatic heterocycles. The molecule has 98 valence electrons. The van der Waals surface area contributed by atoms with E-state index in [2.05, 4.69) is 15.6 Å². The number of benzene rings is 1. The predicted molar refractivity (Wildman–Crippen MR) is 74.9 cm³/mol. The molecule has 1 amide bonds. The highest BCUT2D eigenvalue weighted by molar-refractivity contribution is 7.16. The van der Waals surface area contributed by atoms with Crippen LogP contribution in [0.4, 0.5) is 10.9 Å². The number of aromatic nitrogens is 1. The quantitative estimate of drug-likeness (QED) is 0.786. The molecule has 1 aliphatic rings. The molecule has 2 heterocycles. The maximum atomic E-state index is 11.8. The topological polar surface area (TPSA) is 74.2 Å². The number of thiazole rings is 1. The van der Waals surface area contributed by atoms with Crippen molar-refractivity contribution < 1.29 is 9.90 Å². The third-order valence-corrected chi connectivity index (χ3v) is 4.29. The minimum absolute atomic E-state index is 0.0459. The van der Waals surface area contributed by atoms with Crippen molar-refractivity contribution in [2.45, 2.75) is 12.3 Å². The lowest BCUT2D eigenvalue weighted by Gasteiger charge is -2.21. The number of phenols is 1. The van der Waals surface area contributed by atoms with E-state index in [9.17, 15) is 9.90 Å². The summed E-state index contributed by atoms with van der Waals surface area (Å²) in [4.78, 5) is 17.1. The molecule has 3 rings (SSSR count). The molecule has 0 saturated carbocycles. The molecule has 3 N–H and O–H groups in total. The monoisotopic (exact) mass is 275 g/mol. The first-order chi connectivity index (χ1) is 9.17. The number of amides is 1. The average molecular weight is 275 g/mol. The van der Waals surface area contributed by atoms with E-state index >= 15 is 0 Å². The summed E-state index contributed by atoms with van der Waals surface area (Å²) in [7, 11) is 1.80. The third-order valence-electron chi connectivity index (χ3n) is 3.10. The molecule has 0 spiro atoms. The second-order valence-electron chi connectivity index (χ2n) is 4.38. The number of nitrogens with zero attached hydrogens (tertiary/aromatic N) is 1. The molecule has 0 radical (unpaired) electrons. The molecule has 0 fully saturated rings. The summed E-state index contributed by atoms with van der Waals surface area (Å²) in [6, 6.07) is 7.03. The molecule has 1 aromatic carbocycles. The van der Waals surface area contributed by atoms with Gasteiger partial charge in [0.1, 0.15) is 11.6 Å². The fourth-order valence-corrected chi connectivity index (χ4v) is 3.24. The summed E-state index contributed by atoms with van der Waals surface area (Å²) >= 11 is 1.53. The van der Waals surface area contributed by atoms with E-state index in [-0.39, 0.29) is 17.6 Å². The van der Waals surface area contributed by atoms with Crippen molar-refractivity contribution in [1.82, 2.24) is 4.98 Å². The summed E-state index contributed by atoms with van der Waals surface area (Å²) in [6.45, 7) is 0. The Labute approximate surface area is 114 Å². The molecule has 2 aromatic rings. The van der Waals surface area contributed by atoms with Crippen LogP contribution in [0.3, 0.4) is 0 Å². The Morgan fingerprint density at radius 1 is 1.53 bits per heavy atom. The molecule has 6 heteroatoms. The number of rotatable bonds is 2. The number of hydrogen-bond acceptors (Lipinski definition) is 5. The van der Waals surface area contributed by atoms with Gasteiger partial charge in [-0.3, -0.25) is 4.79 Å². The van der Waals surface area contributed by atoms with Crippen molar-refractivity contribution in [3.05, 3.63) is 34.7 Å². The van der Waals surface area contributed by atoms with Gasteiger partial charge in [-0.15, -0.1) is 0 Å². The molecule has 1 atom stereocenters. The fourth-order valence-electron chi connectivity index (χ4n) is 2.24. The Morgan fingerprint density at radius 2 is 2.37 bits per heavy atom. The number of anilines is 2. The lowest BCUT2D eigenvalue weighted by Crippen LogP contribution is -2.22. The number of phenolic OH excluding ortho intramolecular Hbond substituents is 1. The minimum Gasteiger partial charge on any atom is -0.508 e. The highest BCUT2D eigenvalue weighted by Crippen LogP contribution is 2.42. The van der Waals surface area contributed by atoms with Crippen LogP contribution in [-0.2, 0) is 4.79 Å². The van der Waals surface area contributed by atoms with Crippen LogP contribution >= 0.6 is 11.3 Å². The highest BCUT2D eigenvalue weighted by Gasteiger charge is 2.30. The van der Waals surface area contributed by atoms with Crippen LogP contribution < -0.4 is 10.6 Å². The van der Waals surface area contributed by atoms with Gasteiger partial charge >= 0.3 is 0 Å². The Bertz CT molecular complexity index is 639. The molecule has 0 unspecified atom stereocenters. The Hall–Kier alpha value is -2.08. The molecule has 19 heavy (non-hydrogen) atoms. The van der Waals surface area contributed by atoms with Crippen LogP contribution in [-0.4, -0.2) is 23.0 Å². The normalized spacial score (nSPS) is 17.7. The van der Waals surface area contributed by atoms with Gasteiger partial charge in [0.25, 0.3) is 0 Å². The smallest absolute Gasteiger partial charge is 0.226 e. The fraction of sp³-hybridized carbons (Fsp3) is 0.231. The summed E-state index contributed by atoms with van der Waals surface area (Å²) in [6.07, 6.45) is 0.377. The molecule has 1 aromatic heterocycles. The molecular weight excluding hydrogens is 262 g/mol. The number of carbonyl (C=O) groups is 1. The Kier molecular flexibility index (Phi) is 2.87. The van der Waals surface area contributed by atoms with Crippen molar-refractivity contribution in [3.63, 3.8) is 0 Å². The number of aromatic hydroxyl groups is 1. The second kappa shape index (κ2) is 4.55. The summed E-state index contributed by atoms with van der Waals surface area (Å²) in [5, 5.41) is 16.1. The summed E-state index contributed by atoms with van der Waals surface area (Å²) in [5.41, 5.74) is 0.933. The van der Waals surface area contributed by atoms with Crippen LogP contribution in [0.2, 0.25) is 0 Å². The lowest BCUT2D eigenvalue weighted by atomic mass is 9.91. The van der Waals surface area contributed by atoms with E-state index in [1.165, 1.54) is 11.3 Å². The maximum Gasteiger partial charge on any atom is 0.226 e. The van der Waals surface area contributed by atoms with Gasteiger partial charge in [0.15, 0.2) is 5.13 Å². The highest BCUT2D eigenvalue weighted by atomic mass is 32.1. The van der Waals surface area contributed by atoms with Crippen LogP contribution in [0, 0.1) is 0 Å². The molecule has 5 nitrogen and oxygen atoms in total. The van der Waals surface area contributed by atoms with Crippen molar-refractivity contribution >= 4 is 28.2 Å². The molecule has 0 saturated heterocycles. The van der Waals surface area contributed by atoms with E-state index in [1.807, 2.05) is 6.07 Å². The summed E-state index contributed by atoms with van der Waals surface area (Å²) < 4.78 is 0. The van der Waals surface area contributed by atoms with Crippen LogP contribution in [0.5, 0.6) is 5.75 Å². The zero-order valence-electron chi connectivity index (χ0n) is 10.3. The first-order valence-corrected chi connectivity index (χ1v) is 6.76. The molecule has 0 aliphatic carbocycles. The first kappa shape index (κ1) is 12.0. The molecular formula is C13H13N3O2S. The van der Waals surface area contributed by atoms with Gasteiger partial charge in [-0.1, -0.05) is 23.5 Å². The van der Waals surface area contributed by atoms with Crippen molar-refractivity contribution in [1.29, 1.82) is 0 Å². The van der Waals surface area contributed by atoms with Crippen LogP contribution in [0.15, 0.2) is 24.3 Å². The van der Waals surface area contributed by atoms with Gasteiger partial charge in [0.05, 0.1) is 4.88 Å². The van der Waals surface area contributed by atoms with Gasteiger partial charge in [0, 0.05) is 19.4 Å². The number of carbonyl (C=O) groups excluding carboxylic acids is 1. The Morgan fingerprint density at radius 3 is 3.11 bits per heavy atom. The largest absolute Gasteiger partial charge is 0.508 e. The van der Waals surface area contributed by atoms with E-state index in [0.29, 0.717) is 12.2 Å². The van der Waals surface area contributed by atoms with Crippen molar-refractivity contribution in [2.24, 2.45) is 0 Å². The van der Waals surface area contributed by atoms with Crippen molar-refractivity contribution in [2.75, 3.05) is 17.7 Å². The van der Waals surface area contributed by atoms with Crippen LogP contribution in [0.25, 0.3) is 0 Å². The SMILES string of the molecule is CNc1nc2c(s1)[C@H](c1cccc(O)c1)CC(=O)N2. The molecule has 0 bridgehead atoms. The zero-order chi connectivity index (χ0) is 13.4. The van der Waals surface area contributed by atoms with Gasteiger partial charge < -0.3 is 15.7 Å². The Balaban J connectivity index is 2.07. The summed E-state index contributed by atoms with van der Waals surface area (Å²) in [5.74, 6) is 0.742. The van der Waals surface area contributed by atoms with Gasteiger partial charge in [-0.25, -0.2) is 4.98 Å². The van der Waals surface area contributed by atoms with E-state index in [1.54, 1.807) is 25.2 Å². The third kappa shape index (κ3) is 2.15. The maximum absolute atomic E-state index is 11.8. The minimum atomic E-state index is -0.0474. The standard InChI is InChI=1S/C13H13N3O2S/c1-14-13-16-12-11(19-13)9(6-10(18)15-12)7-3-2-4-8(17)5-7/h2-5,9,17H,6H2,1H3,(H,14,16)(H,15,18)/t9-/m0/s1. The predicted octanol–water partition coefficient (Wildman–Crippen LogP) is 2.36. The van der Waals surface area contributed by atoms with E-state index < -0.39 is 0 Å². The van der Waals surface area contributed by atoms with Gasteiger partial charge in [0.2, 0.25) is 5.91 Å². The number of fused-ring (bicyclic) bond motifs is 1. The van der Waals surface area contributed by atoms with Gasteiger partial charge in [-0.05, 0) is 17.7 Å². The van der Waals surface area contributed by atoms with E-state index in [4.69, 9.17) is 0 Å². The first-order valence-electron chi connectivity index (χ1n) is 5.94. The second-order valence-corrected chi connectivity index (χ2v) is 5.41. The number of nitrogens with one attached hydrogen (secondary N) is 2.